The minimum absolute atomic E-state index is 0. The molecule has 0 aliphatic carbocycles. The van der Waals surface area contributed by atoms with E-state index in [4.69, 9.17) is 4.74 Å². The highest BCUT2D eigenvalue weighted by molar-refractivity contribution is 5.80. The fourth-order valence-corrected chi connectivity index (χ4v) is 7.14. The van der Waals surface area contributed by atoms with Gasteiger partial charge in [-0.1, -0.05) is 133 Å². The van der Waals surface area contributed by atoms with Crippen LogP contribution >= 0.6 is 0 Å². The second-order valence-electron chi connectivity index (χ2n) is 14.2. The lowest BCUT2D eigenvalue weighted by molar-refractivity contribution is -0.120. The highest BCUT2D eigenvalue weighted by Gasteiger charge is 2.25. The first-order chi connectivity index (χ1) is 24.9. The number of phenolic OH excluding ortho intramolecular Hbond substituents is 1. The monoisotopic (exact) mass is 704 g/mol. The molecule has 52 heavy (non-hydrogen) atoms. The Labute approximate surface area is 312 Å². The van der Waals surface area contributed by atoms with Gasteiger partial charge in [-0.3, -0.25) is 9.59 Å². The van der Waals surface area contributed by atoms with Gasteiger partial charge in [0.25, 0.3) is 0 Å². The average molecular weight is 705 g/mol. The number of carbonyl (C=O) groups excluding carboxylic acids is 2. The van der Waals surface area contributed by atoms with Gasteiger partial charge in [-0.2, -0.15) is 0 Å². The third-order valence-corrected chi connectivity index (χ3v) is 10.3. The van der Waals surface area contributed by atoms with Crippen molar-refractivity contribution in [1.29, 1.82) is 0 Å². The maximum atomic E-state index is 11.5. The Morgan fingerprint density at radius 2 is 1.08 bits per heavy atom. The number of hydrogen-bond acceptors (Lipinski definition) is 4. The molecule has 3 N–H and O–H groups in total. The zero-order valence-corrected chi connectivity index (χ0v) is 30.8. The van der Waals surface area contributed by atoms with Crippen LogP contribution in [0.25, 0.3) is 22.3 Å². The molecule has 0 aromatic heterocycles. The second-order valence-corrected chi connectivity index (χ2v) is 14.2. The summed E-state index contributed by atoms with van der Waals surface area (Å²) in [5, 5.41) is 16.2. The number of aromatic hydroxyl groups is 1. The minimum Gasteiger partial charge on any atom is -0.507 e. The normalized spacial score (nSPS) is 16.4. The zero-order chi connectivity index (χ0) is 36.0. The minimum atomic E-state index is 0. The van der Waals surface area contributed by atoms with E-state index in [1.54, 1.807) is 13.2 Å². The van der Waals surface area contributed by atoms with E-state index >= 15 is 0 Å². The molecular weight excluding hydrogens is 645 g/mol. The Kier molecular flexibility index (Phi) is 15.8. The van der Waals surface area contributed by atoms with Gasteiger partial charge >= 0.3 is 0 Å². The molecule has 278 valence electrons. The highest BCUT2D eigenvalue weighted by atomic mass is 16.5. The van der Waals surface area contributed by atoms with Crippen LogP contribution in [0.4, 0.5) is 0 Å². The lowest BCUT2D eigenvalue weighted by Crippen LogP contribution is -2.13. The predicted molar refractivity (Wildman–Crippen MR) is 215 cm³/mol. The quantitative estimate of drug-likeness (QED) is 0.108. The van der Waals surface area contributed by atoms with Crippen molar-refractivity contribution in [1.82, 2.24) is 10.6 Å². The molecule has 2 aliphatic rings. The molecule has 2 atom stereocenters. The van der Waals surface area contributed by atoms with Crippen molar-refractivity contribution in [3.63, 3.8) is 0 Å². The van der Waals surface area contributed by atoms with Crippen LogP contribution in [0.15, 0.2) is 84.9 Å². The van der Waals surface area contributed by atoms with Gasteiger partial charge in [0, 0.05) is 48.9 Å². The summed E-state index contributed by atoms with van der Waals surface area (Å²) in [7, 11) is 1.71. The Balaban J connectivity index is 0.000000228. The van der Waals surface area contributed by atoms with Crippen molar-refractivity contribution >= 4 is 11.8 Å². The van der Waals surface area contributed by atoms with Crippen molar-refractivity contribution in [2.45, 2.75) is 110 Å². The predicted octanol–water partition coefficient (Wildman–Crippen LogP) is 10.5. The van der Waals surface area contributed by atoms with Crippen LogP contribution in [0.3, 0.4) is 0 Å². The SMILES string of the molecule is C.CCCCCCc1ccc(-c2ccc(C3CNC(=O)C3)cc2O)cc1.CCCCCCc1ccc(-c2ccc(C3CNC(=O)C3)cc2OC)cc1. The largest absolute Gasteiger partial charge is 0.507 e. The van der Waals surface area contributed by atoms with Crippen LogP contribution < -0.4 is 15.4 Å². The molecule has 0 bridgehead atoms. The van der Waals surface area contributed by atoms with Crippen LogP contribution in [0.1, 0.15) is 120 Å². The number of methoxy groups -OCH3 is 1. The third-order valence-electron chi connectivity index (χ3n) is 10.3. The third kappa shape index (κ3) is 11.2. The van der Waals surface area contributed by atoms with Gasteiger partial charge in [-0.25, -0.2) is 0 Å². The van der Waals surface area contributed by atoms with Crippen molar-refractivity contribution in [3.8, 4) is 33.8 Å². The standard InChI is InChI=1S/C23H29NO2.C22H27NO2.CH4/c1-3-4-5-6-7-17-8-10-18(11-9-17)21-13-12-19(14-22(21)26-2)20-15-23(25)24-16-20;1-2-3-4-5-6-16-7-9-17(10-8-16)20-12-11-18(13-21(20)24)19-14-22(25)23-15-19;/h8-14,20H,3-7,15-16H2,1-2H3,(H,24,25);7-13,19,24H,2-6,14-15H2,1H3,(H,23,25);1H4. The molecule has 2 unspecified atom stereocenters. The van der Waals surface area contributed by atoms with Gasteiger partial charge in [0.2, 0.25) is 11.8 Å². The first-order valence-electron chi connectivity index (χ1n) is 19.1. The number of benzene rings is 4. The number of unbranched alkanes of at least 4 members (excludes halogenated alkanes) is 6. The molecule has 2 heterocycles. The molecule has 2 fully saturated rings. The van der Waals surface area contributed by atoms with E-state index in [0.717, 1.165) is 46.4 Å². The number of carbonyl (C=O) groups is 2. The fourth-order valence-electron chi connectivity index (χ4n) is 7.14. The Morgan fingerprint density at radius 3 is 1.50 bits per heavy atom. The number of nitrogens with one attached hydrogen (secondary N) is 2. The van der Waals surface area contributed by atoms with Gasteiger partial charge in [0.15, 0.2) is 0 Å². The van der Waals surface area contributed by atoms with Crippen LogP contribution in [0.5, 0.6) is 11.5 Å². The molecule has 2 amide bonds. The van der Waals surface area contributed by atoms with Gasteiger partial charge < -0.3 is 20.5 Å². The molecule has 0 radical (unpaired) electrons. The zero-order valence-electron chi connectivity index (χ0n) is 30.8. The van der Waals surface area contributed by atoms with Crippen LogP contribution in [-0.4, -0.2) is 37.1 Å². The molecule has 4 aromatic rings. The molecule has 2 aliphatic heterocycles. The number of aryl methyl sites for hydroxylation is 2. The van der Waals surface area contributed by atoms with Gasteiger partial charge in [0.05, 0.1) is 7.11 Å². The van der Waals surface area contributed by atoms with Crippen molar-refractivity contribution < 1.29 is 19.4 Å². The van der Waals surface area contributed by atoms with Crippen LogP contribution in [-0.2, 0) is 22.4 Å². The maximum Gasteiger partial charge on any atom is 0.220 e. The molecule has 0 saturated carbocycles. The summed E-state index contributed by atoms with van der Waals surface area (Å²) in [5.74, 6) is 1.79. The van der Waals surface area contributed by atoms with E-state index in [1.165, 1.54) is 68.1 Å². The molecule has 6 heteroatoms. The van der Waals surface area contributed by atoms with E-state index in [2.05, 4.69) is 91.2 Å². The van der Waals surface area contributed by atoms with Gasteiger partial charge in [0.1, 0.15) is 11.5 Å². The maximum absolute atomic E-state index is 11.5. The number of hydrogen-bond donors (Lipinski definition) is 3. The van der Waals surface area contributed by atoms with E-state index in [9.17, 15) is 14.7 Å². The molecule has 0 spiro atoms. The lowest BCUT2D eigenvalue weighted by atomic mass is 9.94. The summed E-state index contributed by atoms with van der Waals surface area (Å²) in [6.45, 7) is 5.85. The molecule has 6 rings (SSSR count). The first-order valence-corrected chi connectivity index (χ1v) is 19.1. The van der Waals surface area contributed by atoms with Crippen LogP contribution in [0.2, 0.25) is 0 Å². The van der Waals surface area contributed by atoms with Crippen LogP contribution in [0, 0.1) is 0 Å². The van der Waals surface area contributed by atoms with E-state index < -0.39 is 0 Å². The Bertz CT molecular complexity index is 1710. The highest BCUT2D eigenvalue weighted by Crippen LogP contribution is 2.36. The Morgan fingerprint density at radius 1 is 0.615 bits per heavy atom. The summed E-state index contributed by atoms with van der Waals surface area (Å²) in [6, 6.07) is 29.5. The molecule has 4 aromatic carbocycles. The Hall–Kier alpha value is -4.58. The summed E-state index contributed by atoms with van der Waals surface area (Å²) < 4.78 is 5.64. The van der Waals surface area contributed by atoms with E-state index in [1.807, 2.05) is 12.1 Å². The fraction of sp³-hybridized carbons (Fsp3) is 0.435. The number of ether oxygens (including phenoxy) is 1. The van der Waals surface area contributed by atoms with Gasteiger partial charge in [-0.05, 0) is 71.2 Å². The van der Waals surface area contributed by atoms with Crippen molar-refractivity contribution in [3.05, 3.63) is 107 Å². The number of phenols is 1. The van der Waals surface area contributed by atoms with E-state index in [-0.39, 0.29) is 36.8 Å². The summed E-state index contributed by atoms with van der Waals surface area (Å²) in [4.78, 5) is 22.8. The molecule has 2 saturated heterocycles. The second kappa shape index (κ2) is 20.5. The lowest BCUT2D eigenvalue weighted by Gasteiger charge is -2.14. The smallest absolute Gasteiger partial charge is 0.220 e. The van der Waals surface area contributed by atoms with Crippen molar-refractivity contribution in [2.75, 3.05) is 20.2 Å². The average Bonchev–Trinajstić information content (AvgIpc) is 3.80. The molecular formula is C46H60N2O4. The van der Waals surface area contributed by atoms with Crippen molar-refractivity contribution in [2.24, 2.45) is 0 Å². The first kappa shape index (κ1) is 40.2. The van der Waals surface area contributed by atoms with E-state index in [0.29, 0.717) is 25.9 Å². The number of amides is 2. The summed E-state index contributed by atoms with van der Waals surface area (Å²) in [5.41, 5.74) is 9.09. The summed E-state index contributed by atoms with van der Waals surface area (Å²) >= 11 is 0. The summed E-state index contributed by atoms with van der Waals surface area (Å²) in [6.07, 6.45) is 13.6. The topological polar surface area (TPSA) is 87.7 Å². The molecule has 6 nitrogen and oxygen atoms in total. The number of rotatable bonds is 15. The van der Waals surface area contributed by atoms with Gasteiger partial charge in [-0.15, -0.1) is 0 Å².